The largest absolute Gasteiger partial charge is 0.491 e. The number of hydrogen-bond donors (Lipinski definition) is 2. The van der Waals surface area contributed by atoms with Crippen LogP contribution in [0, 0.1) is 0 Å². The molecule has 2 aromatic heterocycles. The molecule has 2 N–H and O–H groups in total. The minimum Gasteiger partial charge on any atom is -0.491 e. The van der Waals surface area contributed by atoms with Crippen LogP contribution in [0.1, 0.15) is 34.7 Å². The van der Waals surface area contributed by atoms with Crippen molar-refractivity contribution < 1.29 is 32.5 Å². The molecule has 3 aliphatic rings. The van der Waals surface area contributed by atoms with E-state index in [4.69, 9.17) is 9.47 Å². The molecule has 4 heterocycles. The molecule has 0 radical (unpaired) electrons. The Bertz CT molecular complexity index is 1250. The monoisotopic (exact) mass is 488 g/mol. The first-order valence-electron chi connectivity index (χ1n) is 11.2. The molecule has 0 fully saturated rings. The summed E-state index contributed by atoms with van der Waals surface area (Å²) in [5, 5.41) is 16.9. The van der Waals surface area contributed by atoms with Gasteiger partial charge in [-0.15, -0.1) is 0 Å². The maximum Gasteiger partial charge on any atom is 0.410 e. The summed E-state index contributed by atoms with van der Waals surface area (Å²) in [7, 11) is 0. The highest BCUT2D eigenvalue weighted by Gasteiger charge is 2.33. The zero-order valence-corrected chi connectivity index (χ0v) is 18.6. The number of rotatable bonds is 4. The van der Waals surface area contributed by atoms with E-state index in [1.165, 1.54) is 0 Å². The molecule has 2 aliphatic heterocycles. The fourth-order valence-corrected chi connectivity index (χ4v) is 4.51. The number of halogens is 3. The maximum atomic E-state index is 13.4. The van der Waals surface area contributed by atoms with E-state index in [0.717, 1.165) is 0 Å². The highest BCUT2D eigenvalue weighted by Crippen LogP contribution is 2.35. The number of aliphatic hydroxyl groups is 1. The lowest BCUT2D eigenvalue weighted by molar-refractivity contribution is -0.0805. The van der Waals surface area contributed by atoms with Gasteiger partial charge in [0.25, 0.3) is 5.91 Å². The molecule has 0 unspecified atom stereocenters. The molecule has 0 aromatic carbocycles. The number of carbonyl (C=O) groups is 1. The Morgan fingerprint density at radius 3 is 3.00 bits per heavy atom. The van der Waals surface area contributed by atoms with E-state index in [1.807, 2.05) is 0 Å². The van der Waals surface area contributed by atoms with Crippen molar-refractivity contribution in [2.24, 2.45) is 0 Å². The first-order valence-corrected chi connectivity index (χ1v) is 11.2. The van der Waals surface area contributed by atoms with Gasteiger partial charge in [-0.05, 0) is 42.2 Å². The predicted octanol–water partition coefficient (Wildman–Crippen LogP) is 3.19. The van der Waals surface area contributed by atoms with Crippen LogP contribution in [0.15, 0.2) is 53.3 Å². The number of nitrogens with zero attached hydrogens (tertiary/aromatic N) is 3. The highest BCUT2D eigenvalue weighted by molar-refractivity contribution is 5.99. The normalized spacial score (nSPS) is 20.9. The van der Waals surface area contributed by atoms with Crippen molar-refractivity contribution in [1.29, 1.82) is 0 Å². The standard InChI is InChI=1S/C24H23F3N4O4/c25-24(26,27)10-14-3-1-6-20-17(14)9-16(12-35-20)29-23(33)22-21(18-5-2-4-15(11-32)28-18)19-13-34-8-7-31(19)30-22/h1-2,4-6,10,16,32H,3,7-9,11-13H2,(H,29,33)/b14-10-/t16-/m1/s1. The van der Waals surface area contributed by atoms with Gasteiger partial charge < -0.3 is 19.9 Å². The summed E-state index contributed by atoms with van der Waals surface area (Å²) in [5.41, 5.74) is 2.84. The molecule has 35 heavy (non-hydrogen) atoms. The Kier molecular flexibility index (Phi) is 6.20. The van der Waals surface area contributed by atoms with Gasteiger partial charge in [-0.25, -0.2) is 0 Å². The third kappa shape index (κ3) is 4.87. The molecule has 11 heteroatoms. The Morgan fingerprint density at radius 2 is 2.20 bits per heavy atom. The number of hydrogen-bond acceptors (Lipinski definition) is 6. The van der Waals surface area contributed by atoms with Crippen LogP contribution in [-0.4, -0.2) is 51.2 Å². The molecule has 5 rings (SSSR count). The van der Waals surface area contributed by atoms with Crippen molar-refractivity contribution in [3.8, 4) is 11.3 Å². The third-order valence-corrected chi connectivity index (χ3v) is 6.04. The average Bonchev–Trinajstić information content (AvgIpc) is 3.23. The van der Waals surface area contributed by atoms with Crippen LogP contribution in [0.25, 0.3) is 11.3 Å². The van der Waals surface area contributed by atoms with Gasteiger partial charge in [0.15, 0.2) is 5.69 Å². The number of alkyl halides is 3. The number of amides is 1. The van der Waals surface area contributed by atoms with Gasteiger partial charge in [0.1, 0.15) is 12.4 Å². The van der Waals surface area contributed by atoms with Gasteiger partial charge in [-0.1, -0.05) is 12.1 Å². The van der Waals surface area contributed by atoms with Crippen LogP contribution < -0.4 is 5.32 Å². The average molecular weight is 488 g/mol. The Labute approximate surface area is 198 Å². The van der Waals surface area contributed by atoms with Crippen molar-refractivity contribution in [3.63, 3.8) is 0 Å². The molecule has 184 valence electrons. The lowest BCUT2D eigenvalue weighted by Gasteiger charge is -2.30. The van der Waals surface area contributed by atoms with Crippen molar-refractivity contribution in [2.45, 2.75) is 44.8 Å². The Hall–Kier alpha value is -3.44. The fraction of sp³-hybridized carbons (Fsp3) is 0.375. The van der Waals surface area contributed by atoms with E-state index in [2.05, 4.69) is 15.4 Å². The number of fused-ring (bicyclic) bond motifs is 1. The van der Waals surface area contributed by atoms with E-state index in [-0.39, 0.29) is 43.9 Å². The summed E-state index contributed by atoms with van der Waals surface area (Å²) in [4.78, 5) is 17.8. The molecule has 1 amide bonds. The van der Waals surface area contributed by atoms with Gasteiger partial charge in [0.2, 0.25) is 0 Å². The minimum absolute atomic E-state index is 0.123. The van der Waals surface area contributed by atoms with Gasteiger partial charge in [-0.2, -0.15) is 18.3 Å². The number of carbonyl (C=O) groups excluding carboxylic acids is 1. The molecule has 0 saturated carbocycles. The molecule has 8 nitrogen and oxygen atoms in total. The first kappa shape index (κ1) is 23.3. The van der Waals surface area contributed by atoms with Crippen LogP contribution >= 0.6 is 0 Å². The smallest absolute Gasteiger partial charge is 0.410 e. The van der Waals surface area contributed by atoms with E-state index >= 15 is 0 Å². The summed E-state index contributed by atoms with van der Waals surface area (Å²) in [5.74, 6) is -0.0824. The van der Waals surface area contributed by atoms with Crippen LogP contribution in [0.4, 0.5) is 13.2 Å². The second kappa shape index (κ2) is 9.31. The number of nitrogens with one attached hydrogen (secondary N) is 1. The van der Waals surface area contributed by atoms with Crippen LogP contribution in [0.2, 0.25) is 0 Å². The van der Waals surface area contributed by atoms with Crippen molar-refractivity contribution in [1.82, 2.24) is 20.1 Å². The summed E-state index contributed by atoms with van der Waals surface area (Å²) < 4.78 is 52.0. The second-order valence-electron chi connectivity index (χ2n) is 8.46. The molecule has 2 aromatic rings. The fourth-order valence-electron chi connectivity index (χ4n) is 4.51. The van der Waals surface area contributed by atoms with Crippen molar-refractivity contribution >= 4 is 5.91 Å². The quantitative estimate of drug-likeness (QED) is 0.686. The van der Waals surface area contributed by atoms with Crippen LogP contribution in [0.5, 0.6) is 0 Å². The number of aliphatic hydroxyl groups excluding tert-OH is 1. The second-order valence-corrected chi connectivity index (χ2v) is 8.46. The van der Waals surface area contributed by atoms with Gasteiger partial charge >= 0.3 is 6.18 Å². The molecular weight excluding hydrogens is 465 g/mol. The van der Waals surface area contributed by atoms with Crippen LogP contribution in [0.3, 0.4) is 0 Å². The highest BCUT2D eigenvalue weighted by atomic mass is 19.4. The topological polar surface area (TPSA) is 98.5 Å². The Balaban J connectivity index is 1.43. The predicted molar refractivity (Wildman–Crippen MR) is 118 cm³/mol. The van der Waals surface area contributed by atoms with Gasteiger partial charge in [-0.3, -0.25) is 14.5 Å². The molecule has 0 saturated heterocycles. The zero-order chi connectivity index (χ0) is 24.6. The molecule has 0 bridgehead atoms. The first-order chi connectivity index (χ1) is 16.8. The summed E-state index contributed by atoms with van der Waals surface area (Å²) in [6.45, 7) is 1.04. The molecule has 1 aliphatic carbocycles. The summed E-state index contributed by atoms with van der Waals surface area (Å²) in [6.07, 6.45) is -0.502. The van der Waals surface area contributed by atoms with E-state index in [9.17, 15) is 23.1 Å². The van der Waals surface area contributed by atoms with E-state index in [1.54, 1.807) is 35.0 Å². The number of pyridine rings is 1. The van der Waals surface area contributed by atoms with Crippen molar-refractivity contribution in [3.05, 3.63) is 70.4 Å². The number of allylic oxidation sites excluding steroid dienone is 4. The minimum atomic E-state index is -4.45. The Morgan fingerprint density at radius 1 is 1.34 bits per heavy atom. The van der Waals surface area contributed by atoms with Crippen molar-refractivity contribution in [2.75, 3.05) is 13.2 Å². The lowest BCUT2D eigenvalue weighted by Crippen LogP contribution is -2.41. The third-order valence-electron chi connectivity index (χ3n) is 6.04. The summed E-state index contributed by atoms with van der Waals surface area (Å²) in [6, 6.07) is 4.60. The molecule has 1 atom stereocenters. The zero-order valence-electron chi connectivity index (χ0n) is 18.6. The van der Waals surface area contributed by atoms with E-state index < -0.39 is 18.1 Å². The lowest BCUT2D eigenvalue weighted by atomic mass is 9.89. The molecule has 0 spiro atoms. The maximum absolute atomic E-state index is 13.4. The number of ether oxygens (including phenoxy) is 2. The summed E-state index contributed by atoms with van der Waals surface area (Å²) >= 11 is 0. The number of aromatic nitrogens is 3. The van der Waals surface area contributed by atoms with E-state index in [0.29, 0.717) is 53.2 Å². The SMILES string of the molecule is O=C(N[C@H]1COC2=C(C1)/C(=C\C(F)(F)F)CC=C2)c1nn2c(c1-c1cccc(CO)n1)COCC2. The van der Waals surface area contributed by atoms with Gasteiger partial charge in [0.05, 0.1) is 55.1 Å². The molecular formula is C24H23F3N4O4. The van der Waals surface area contributed by atoms with Crippen LogP contribution in [-0.2, 0) is 29.2 Å². The van der Waals surface area contributed by atoms with Gasteiger partial charge in [0, 0.05) is 6.08 Å².